The van der Waals surface area contributed by atoms with E-state index in [0.29, 0.717) is 22.8 Å². The maximum absolute atomic E-state index is 11.4. The van der Waals surface area contributed by atoms with Gasteiger partial charge >= 0.3 is 5.97 Å². The Hall–Kier alpha value is -2.10. The molecule has 1 fully saturated rings. The van der Waals surface area contributed by atoms with Crippen LogP contribution < -0.4 is 4.90 Å². The zero-order chi connectivity index (χ0) is 14.3. The van der Waals surface area contributed by atoms with Gasteiger partial charge in [0.15, 0.2) is 0 Å². The third kappa shape index (κ3) is 2.11. The zero-order valence-corrected chi connectivity index (χ0v) is 11.7. The summed E-state index contributed by atoms with van der Waals surface area (Å²) in [6, 6.07) is 9.10. The molecule has 1 aliphatic rings. The number of aromatic nitrogens is 1. The summed E-state index contributed by atoms with van der Waals surface area (Å²) in [4.78, 5) is 18.2. The van der Waals surface area contributed by atoms with Gasteiger partial charge in [0.2, 0.25) is 0 Å². The average Bonchev–Trinajstić information content (AvgIpc) is 2.35. The second kappa shape index (κ2) is 4.78. The monoisotopic (exact) mass is 270 g/mol. The summed E-state index contributed by atoms with van der Waals surface area (Å²) < 4.78 is 0. The molecular weight excluding hydrogens is 252 g/mol. The molecule has 0 radical (unpaired) electrons. The number of carboxylic acid groups (broad SMARTS) is 1. The van der Waals surface area contributed by atoms with Crippen molar-refractivity contribution in [3.63, 3.8) is 0 Å². The van der Waals surface area contributed by atoms with Crippen LogP contribution in [0.2, 0.25) is 0 Å². The summed E-state index contributed by atoms with van der Waals surface area (Å²) in [7, 11) is 0. The number of para-hydroxylation sites is 1. The number of nitrogens with zero attached hydrogens (tertiary/aromatic N) is 2. The Bertz CT molecular complexity index is 661. The first kappa shape index (κ1) is 12.9. The molecule has 1 aliphatic heterocycles. The van der Waals surface area contributed by atoms with Crippen molar-refractivity contribution in [1.29, 1.82) is 0 Å². The number of hydrogen-bond donors (Lipinski definition) is 1. The van der Waals surface area contributed by atoms with E-state index >= 15 is 0 Å². The molecule has 0 bridgehead atoms. The Morgan fingerprint density at radius 3 is 2.70 bits per heavy atom. The highest BCUT2D eigenvalue weighted by atomic mass is 16.4. The first-order chi connectivity index (χ1) is 9.56. The smallest absolute Gasteiger partial charge is 0.336 e. The Labute approximate surface area is 118 Å². The highest BCUT2D eigenvalue weighted by Crippen LogP contribution is 2.30. The van der Waals surface area contributed by atoms with Gasteiger partial charge in [-0.1, -0.05) is 32.0 Å². The van der Waals surface area contributed by atoms with Crippen LogP contribution in [-0.4, -0.2) is 29.1 Å². The standard InChI is InChI=1S/C16H18N2O2/c1-10(2)11-8-18(9-11)15-7-13(16(19)20)12-5-3-4-6-14(12)17-15/h3-7,10-11H,8-9H2,1-2H3,(H,19,20). The van der Waals surface area contributed by atoms with Gasteiger partial charge in [-0.25, -0.2) is 9.78 Å². The van der Waals surface area contributed by atoms with Crippen LogP contribution in [0, 0.1) is 11.8 Å². The van der Waals surface area contributed by atoms with Crippen molar-refractivity contribution in [3.05, 3.63) is 35.9 Å². The molecule has 0 aliphatic carbocycles. The molecule has 4 heteroatoms. The maximum atomic E-state index is 11.4. The number of rotatable bonds is 3. The van der Waals surface area contributed by atoms with Crippen LogP contribution in [0.5, 0.6) is 0 Å². The molecule has 2 aromatic rings. The van der Waals surface area contributed by atoms with Crippen molar-refractivity contribution < 1.29 is 9.90 Å². The number of hydrogen-bond acceptors (Lipinski definition) is 3. The molecule has 1 saturated heterocycles. The maximum Gasteiger partial charge on any atom is 0.336 e. The lowest BCUT2D eigenvalue weighted by molar-refractivity contribution is 0.0699. The molecule has 2 heterocycles. The Morgan fingerprint density at radius 2 is 2.05 bits per heavy atom. The van der Waals surface area contributed by atoms with Crippen molar-refractivity contribution in [2.45, 2.75) is 13.8 Å². The molecule has 1 aromatic carbocycles. The lowest BCUT2D eigenvalue weighted by Gasteiger charge is -2.42. The molecule has 4 nitrogen and oxygen atoms in total. The van der Waals surface area contributed by atoms with Gasteiger partial charge in [-0.15, -0.1) is 0 Å². The minimum absolute atomic E-state index is 0.332. The number of carboxylic acids is 1. The first-order valence-corrected chi connectivity index (χ1v) is 6.94. The molecule has 0 amide bonds. The number of carbonyl (C=O) groups is 1. The largest absolute Gasteiger partial charge is 0.478 e. The molecule has 0 atom stereocenters. The summed E-state index contributed by atoms with van der Waals surface area (Å²) in [5.41, 5.74) is 1.08. The highest BCUT2D eigenvalue weighted by Gasteiger charge is 2.30. The van der Waals surface area contributed by atoms with Crippen LogP contribution in [0.1, 0.15) is 24.2 Å². The van der Waals surface area contributed by atoms with Crippen molar-refractivity contribution in [2.24, 2.45) is 11.8 Å². The lowest BCUT2D eigenvalue weighted by Crippen LogP contribution is -2.49. The fraction of sp³-hybridized carbons (Fsp3) is 0.375. The van der Waals surface area contributed by atoms with Crippen molar-refractivity contribution in [1.82, 2.24) is 4.98 Å². The third-order valence-electron chi connectivity index (χ3n) is 4.11. The van der Waals surface area contributed by atoms with Gasteiger partial charge in [-0.2, -0.15) is 0 Å². The van der Waals surface area contributed by atoms with Crippen molar-refractivity contribution >= 4 is 22.7 Å². The van der Waals surface area contributed by atoms with E-state index in [0.717, 1.165) is 24.4 Å². The molecule has 0 unspecified atom stereocenters. The molecule has 1 aromatic heterocycles. The summed E-state index contributed by atoms with van der Waals surface area (Å²) in [5.74, 6) is 1.21. The Balaban J connectivity index is 1.99. The van der Waals surface area contributed by atoms with Crippen molar-refractivity contribution in [3.8, 4) is 0 Å². The van der Waals surface area contributed by atoms with E-state index in [-0.39, 0.29) is 0 Å². The van der Waals surface area contributed by atoms with Gasteiger partial charge < -0.3 is 10.0 Å². The van der Waals surface area contributed by atoms with E-state index in [2.05, 4.69) is 23.7 Å². The normalized spacial score (nSPS) is 15.7. The fourth-order valence-electron chi connectivity index (χ4n) is 2.62. The lowest BCUT2D eigenvalue weighted by atomic mass is 9.88. The van der Waals surface area contributed by atoms with E-state index in [4.69, 9.17) is 0 Å². The third-order valence-corrected chi connectivity index (χ3v) is 4.11. The highest BCUT2D eigenvalue weighted by molar-refractivity contribution is 6.03. The van der Waals surface area contributed by atoms with E-state index in [1.165, 1.54) is 0 Å². The summed E-state index contributed by atoms with van der Waals surface area (Å²) in [6.07, 6.45) is 0. The molecular formula is C16H18N2O2. The van der Waals surface area contributed by atoms with Gasteiger partial charge in [0, 0.05) is 18.5 Å². The fourth-order valence-corrected chi connectivity index (χ4v) is 2.62. The van der Waals surface area contributed by atoms with Crippen LogP contribution >= 0.6 is 0 Å². The molecule has 0 spiro atoms. The van der Waals surface area contributed by atoms with Crippen LogP contribution in [0.25, 0.3) is 10.9 Å². The summed E-state index contributed by atoms with van der Waals surface area (Å²) in [6.45, 7) is 6.36. The van der Waals surface area contributed by atoms with Gasteiger partial charge in [0.05, 0.1) is 11.1 Å². The van der Waals surface area contributed by atoms with Crippen LogP contribution in [-0.2, 0) is 0 Å². The van der Waals surface area contributed by atoms with Gasteiger partial charge in [-0.3, -0.25) is 0 Å². The minimum atomic E-state index is -0.897. The van der Waals surface area contributed by atoms with Gasteiger partial charge in [0.1, 0.15) is 5.82 Å². The predicted octanol–water partition coefficient (Wildman–Crippen LogP) is 3.03. The number of pyridine rings is 1. The second-order valence-corrected chi connectivity index (χ2v) is 5.76. The van der Waals surface area contributed by atoms with Crippen LogP contribution in [0.15, 0.2) is 30.3 Å². The second-order valence-electron chi connectivity index (χ2n) is 5.76. The quantitative estimate of drug-likeness (QED) is 0.931. The molecule has 3 rings (SSSR count). The number of fused-ring (bicyclic) bond motifs is 1. The number of benzene rings is 1. The topological polar surface area (TPSA) is 53.4 Å². The molecule has 0 saturated carbocycles. The van der Waals surface area contributed by atoms with Crippen LogP contribution in [0.3, 0.4) is 0 Å². The van der Waals surface area contributed by atoms with E-state index in [1.54, 1.807) is 6.07 Å². The van der Waals surface area contributed by atoms with Gasteiger partial charge in [-0.05, 0) is 24.0 Å². The SMILES string of the molecule is CC(C)C1CN(c2cc(C(=O)O)c3ccccc3n2)C1. The number of anilines is 1. The van der Waals surface area contributed by atoms with E-state index < -0.39 is 5.97 Å². The van der Waals surface area contributed by atoms with Crippen molar-refractivity contribution in [2.75, 3.05) is 18.0 Å². The zero-order valence-electron chi connectivity index (χ0n) is 11.7. The summed E-state index contributed by atoms with van der Waals surface area (Å²) in [5, 5.41) is 10.1. The average molecular weight is 270 g/mol. The van der Waals surface area contributed by atoms with Gasteiger partial charge in [0.25, 0.3) is 0 Å². The van der Waals surface area contributed by atoms with E-state index in [1.807, 2.05) is 24.3 Å². The Kier molecular flexibility index (Phi) is 3.08. The predicted molar refractivity (Wildman–Crippen MR) is 79.2 cm³/mol. The molecule has 104 valence electrons. The molecule has 1 N–H and O–H groups in total. The first-order valence-electron chi connectivity index (χ1n) is 6.94. The Morgan fingerprint density at radius 1 is 1.35 bits per heavy atom. The number of aromatic carboxylic acids is 1. The van der Waals surface area contributed by atoms with Crippen LogP contribution in [0.4, 0.5) is 5.82 Å². The minimum Gasteiger partial charge on any atom is -0.478 e. The summed E-state index contributed by atoms with van der Waals surface area (Å²) >= 11 is 0. The molecule has 20 heavy (non-hydrogen) atoms. The van der Waals surface area contributed by atoms with E-state index in [9.17, 15) is 9.90 Å².